The van der Waals surface area contributed by atoms with E-state index in [4.69, 9.17) is 11.6 Å². The van der Waals surface area contributed by atoms with Gasteiger partial charge in [-0.25, -0.2) is 4.98 Å². The summed E-state index contributed by atoms with van der Waals surface area (Å²) in [6.45, 7) is 0.648. The molecule has 3 aromatic heterocycles. The van der Waals surface area contributed by atoms with Crippen LogP contribution in [0.15, 0.2) is 53.1 Å². The second kappa shape index (κ2) is 8.37. The molecule has 4 aromatic rings. The van der Waals surface area contributed by atoms with Gasteiger partial charge in [-0.3, -0.25) is 5.10 Å². The van der Waals surface area contributed by atoms with Gasteiger partial charge in [0.25, 0.3) is 0 Å². The van der Waals surface area contributed by atoms with Crippen molar-refractivity contribution < 1.29 is 0 Å². The lowest BCUT2D eigenvalue weighted by Gasteiger charge is -2.08. The van der Waals surface area contributed by atoms with E-state index in [9.17, 15) is 0 Å². The van der Waals surface area contributed by atoms with Crippen molar-refractivity contribution in [3.8, 4) is 10.4 Å². The molecule has 5 rings (SSSR count). The summed E-state index contributed by atoms with van der Waals surface area (Å²) < 4.78 is 0.789. The highest BCUT2D eigenvalue weighted by atomic mass is 79.9. The highest BCUT2D eigenvalue weighted by Gasteiger charge is 2.26. The number of nitrogens with zero attached hydrogens (tertiary/aromatic N) is 3. The van der Waals surface area contributed by atoms with Crippen molar-refractivity contribution in [1.29, 1.82) is 0 Å². The number of rotatable bonds is 7. The number of anilines is 3. The zero-order chi connectivity index (χ0) is 20.5. The fourth-order valence-electron chi connectivity index (χ4n) is 3.07. The van der Waals surface area contributed by atoms with Crippen LogP contribution in [0.3, 0.4) is 0 Å². The molecule has 152 valence electrons. The molecule has 6 nitrogen and oxygen atoms in total. The van der Waals surface area contributed by atoms with E-state index in [1.807, 2.05) is 30.3 Å². The first-order valence-corrected chi connectivity index (χ1v) is 11.6. The number of nitrogens with one attached hydrogen (secondary N) is 3. The van der Waals surface area contributed by atoms with E-state index in [0.717, 1.165) is 26.6 Å². The van der Waals surface area contributed by atoms with Crippen LogP contribution in [0, 0.1) is 0 Å². The standard InChI is InChI=1S/C21H18BrClN6S/c22-16-11-25-21(27-20(16)26-19-9-17(28-29-19)12-1-2-12)24-10-15-7-8-18(30-15)13-3-5-14(23)6-4-13/h3-9,11-12H,1-2,10H2,(H3,24,25,26,27,28,29). The van der Waals surface area contributed by atoms with Crippen LogP contribution in [-0.2, 0) is 6.54 Å². The molecule has 0 radical (unpaired) electrons. The molecule has 0 bridgehead atoms. The maximum atomic E-state index is 5.98. The van der Waals surface area contributed by atoms with Gasteiger partial charge < -0.3 is 10.6 Å². The highest BCUT2D eigenvalue weighted by Crippen LogP contribution is 2.39. The fourth-order valence-corrected chi connectivity index (χ4v) is 4.43. The van der Waals surface area contributed by atoms with Crippen LogP contribution >= 0.6 is 38.9 Å². The maximum Gasteiger partial charge on any atom is 0.224 e. The Morgan fingerprint density at radius 2 is 2.00 bits per heavy atom. The summed E-state index contributed by atoms with van der Waals surface area (Å²) in [5.41, 5.74) is 2.27. The Morgan fingerprint density at radius 1 is 1.17 bits per heavy atom. The van der Waals surface area contributed by atoms with Crippen LogP contribution in [0.1, 0.15) is 29.3 Å². The van der Waals surface area contributed by atoms with Gasteiger partial charge in [0.05, 0.1) is 16.7 Å². The van der Waals surface area contributed by atoms with E-state index < -0.39 is 0 Å². The van der Waals surface area contributed by atoms with Crippen LogP contribution in [-0.4, -0.2) is 20.2 Å². The average molecular weight is 502 g/mol. The lowest BCUT2D eigenvalue weighted by molar-refractivity contribution is 0.966. The SMILES string of the molecule is Clc1ccc(-c2ccc(CNc3ncc(Br)c(Nc4cc(C5CC5)n[nH]4)n3)s2)cc1. The molecular weight excluding hydrogens is 484 g/mol. The van der Waals surface area contributed by atoms with Crippen molar-refractivity contribution >= 4 is 56.5 Å². The number of hydrogen-bond acceptors (Lipinski definition) is 6. The summed E-state index contributed by atoms with van der Waals surface area (Å²) in [5.74, 6) is 2.68. The lowest BCUT2D eigenvalue weighted by Crippen LogP contribution is -2.05. The smallest absolute Gasteiger partial charge is 0.224 e. The van der Waals surface area contributed by atoms with E-state index >= 15 is 0 Å². The first-order chi connectivity index (χ1) is 14.6. The Kier molecular flexibility index (Phi) is 5.45. The van der Waals surface area contributed by atoms with Crippen LogP contribution in [0.2, 0.25) is 5.02 Å². The summed E-state index contributed by atoms with van der Waals surface area (Å²) in [4.78, 5) is 11.4. The van der Waals surface area contributed by atoms with Gasteiger partial charge in [0, 0.05) is 33.0 Å². The second-order valence-corrected chi connectivity index (χ2v) is 9.58. The molecular formula is C21H18BrClN6S. The predicted octanol–water partition coefficient (Wildman–Crippen LogP) is 6.58. The van der Waals surface area contributed by atoms with E-state index in [1.165, 1.54) is 22.6 Å². The number of aromatic amines is 1. The molecule has 1 aliphatic rings. The molecule has 3 N–H and O–H groups in total. The highest BCUT2D eigenvalue weighted by molar-refractivity contribution is 9.10. The second-order valence-electron chi connectivity index (χ2n) is 7.12. The fraction of sp³-hybridized carbons (Fsp3) is 0.190. The predicted molar refractivity (Wildman–Crippen MR) is 126 cm³/mol. The average Bonchev–Trinajstić information content (AvgIpc) is 3.31. The molecule has 1 aromatic carbocycles. The molecule has 1 fully saturated rings. The van der Waals surface area contributed by atoms with E-state index in [0.29, 0.717) is 24.2 Å². The monoisotopic (exact) mass is 500 g/mol. The Morgan fingerprint density at radius 3 is 2.80 bits per heavy atom. The number of hydrogen-bond donors (Lipinski definition) is 3. The van der Waals surface area contributed by atoms with Gasteiger partial charge >= 0.3 is 0 Å². The third-order valence-electron chi connectivity index (χ3n) is 4.80. The van der Waals surface area contributed by atoms with Crippen molar-refractivity contribution in [3.63, 3.8) is 0 Å². The van der Waals surface area contributed by atoms with Gasteiger partial charge in [-0.05, 0) is 58.6 Å². The Balaban J connectivity index is 1.25. The van der Waals surface area contributed by atoms with Crippen molar-refractivity contribution in [2.24, 2.45) is 0 Å². The summed E-state index contributed by atoms with van der Waals surface area (Å²) in [7, 11) is 0. The van der Waals surface area contributed by atoms with Crippen LogP contribution in [0.5, 0.6) is 0 Å². The normalized spacial score (nSPS) is 13.4. The molecule has 1 saturated carbocycles. The lowest BCUT2D eigenvalue weighted by atomic mass is 10.2. The first kappa shape index (κ1) is 19.5. The zero-order valence-corrected chi connectivity index (χ0v) is 19.0. The summed E-state index contributed by atoms with van der Waals surface area (Å²) in [6, 6.07) is 14.2. The third-order valence-corrected chi connectivity index (χ3v) is 6.77. The molecule has 0 aliphatic heterocycles. The van der Waals surface area contributed by atoms with E-state index in [2.05, 4.69) is 58.9 Å². The Hall–Kier alpha value is -2.42. The quantitative estimate of drug-likeness (QED) is 0.267. The van der Waals surface area contributed by atoms with Crippen molar-refractivity contribution in [1.82, 2.24) is 20.2 Å². The van der Waals surface area contributed by atoms with Gasteiger partial charge in [0.15, 0.2) is 5.82 Å². The topological polar surface area (TPSA) is 78.5 Å². The molecule has 0 atom stereocenters. The number of thiophene rings is 1. The minimum Gasteiger partial charge on any atom is -0.349 e. The molecule has 0 unspecified atom stereocenters. The molecule has 9 heteroatoms. The molecule has 0 amide bonds. The molecule has 30 heavy (non-hydrogen) atoms. The Labute approximate surface area is 191 Å². The van der Waals surface area contributed by atoms with Crippen LogP contribution < -0.4 is 10.6 Å². The Bertz CT molecular complexity index is 1170. The van der Waals surface area contributed by atoms with Crippen LogP contribution in [0.4, 0.5) is 17.6 Å². The van der Waals surface area contributed by atoms with Gasteiger partial charge in [-0.15, -0.1) is 11.3 Å². The number of halogens is 2. The summed E-state index contributed by atoms with van der Waals surface area (Å²) in [5, 5.41) is 14.7. The third kappa shape index (κ3) is 4.50. The first-order valence-electron chi connectivity index (χ1n) is 9.57. The van der Waals surface area contributed by atoms with Gasteiger partial charge in [0.2, 0.25) is 5.95 Å². The van der Waals surface area contributed by atoms with Crippen molar-refractivity contribution in [2.75, 3.05) is 10.6 Å². The molecule has 1 aliphatic carbocycles. The maximum absolute atomic E-state index is 5.98. The largest absolute Gasteiger partial charge is 0.349 e. The summed E-state index contributed by atoms with van der Waals surface area (Å²) in [6.07, 6.45) is 4.18. The van der Waals surface area contributed by atoms with Gasteiger partial charge in [-0.1, -0.05) is 23.7 Å². The van der Waals surface area contributed by atoms with E-state index in [1.54, 1.807) is 17.5 Å². The van der Waals surface area contributed by atoms with Gasteiger partial charge in [0.1, 0.15) is 5.82 Å². The van der Waals surface area contributed by atoms with Crippen LogP contribution in [0.25, 0.3) is 10.4 Å². The number of benzene rings is 1. The minimum atomic E-state index is 0.559. The molecule has 0 spiro atoms. The molecule has 3 heterocycles. The van der Waals surface area contributed by atoms with E-state index in [-0.39, 0.29) is 0 Å². The minimum absolute atomic E-state index is 0.559. The zero-order valence-electron chi connectivity index (χ0n) is 15.8. The molecule has 0 saturated heterocycles. The number of aromatic nitrogens is 4. The number of H-pyrrole nitrogens is 1. The van der Waals surface area contributed by atoms with Crippen molar-refractivity contribution in [2.45, 2.75) is 25.3 Å². The summed E-state index contributed by atoms with van der Waals surface area (Å²) >= 11 is 11.2. The van der Waals surface area contributed by atoms with Gasteiger partial charge in [-0.2, -0.15) is 10.1 Å². The van der Waals surface area contributed by atoms with Crippen molar-refractivity contribution in [3.05, 3.63) is 68.7 Å².